The maximum absolute atomic E-state index is 12.4. The lowest BCUT2D eigenvalue weighted by Crippen LogP contribution is -2.62. The quantitative estimate of drug-likeness (QED) is 0.551. The average Bonchev–Trinajstić information content (AvgIpc) is 3.30. The van der Waals surface area contributed by atoms with Crippen LogP contribution in [0, 0.1) is 35.5 Å². The van der Waals surface area contributed by atoms with E-state index in [0.717, 1.165) is 38.0 Å². The molecule has 0 amide bonds. The summed E-state index contributed by atoms with van der Waals surface area (Å²) in [6.07, 6.45) is 13.0. The Kier molecular flexibility index (Phi) is 5.90. The van der Waals surface area contributed by atoms with E-state index in [1.54, 1.807) is 6.07 Å². The molecule has 0 bridgehead atoms. The Morgan fingerprint density at radius 2 is 1.91 bits per heavy atom. The zero-order valence-electron chi connectivity index (χ0n) is 20.3. The molecule has 0 aromatic carbocycles. The van der Waals surface area contributed by atoms with Crippen LogP contribution in [-0.2, 0) is 16.0 Å². The van der Waals surface area contributed by atoms with Gasteiger partial charge in [-0.2, -0.15) is 0 Å². The third-order valence-corrected chi connectivity index (χ3v) is 9.75. The van der Waals surface area contributed by atoms with Gasteiger partial charge in [-0.15, -0.1) is 0 Å². The molecule has 4 fully saturated rings. The molecule has 5 rings (SSSR count). The number of aryl methyl sites for hydroxylation is 2. The van der Waals surface area contributed by atoms with Crippen LogP contribution in [0.15, 0.2) is 35.3 Å². The first kappa shape index (κ1) is 22.4. The Balaban J connectivity index is 1.34. The van der Waals surface area contributed by atoms with Crippen molar-refractivity contribution >= 4 is 0 Å². The second-order valence-corrected chi connectivity index (χ2v) is 11.7. The molecular formula is C28H41NO3. The predicted octanol–water partition coefficient (Wildman–Crippen LogP) is 5.87. The number of allylic oxidation sites excluding steroid dienone is 1. The smallest absolute Gasteiger partial charge is 0.250 e. The number of fused-ring (bicyclic) bond motifs is 3. The number of nitrogens with zero attached hydrogens (tertiary/aromatic N) is 1. The summed E-state index contributed by atoms with van der Waals surface area (Å²) in [5.41, 5.74) is 2.88. The molecule has 32 heavy (non-hydrogen) atoms. The molecule has 4 heteroatoms. The van der Waals surface area contributed by atoms with E-state index < -0.39 is 0 Å². The summed E-state index contributed by atoms with van der Waals surface area (Å²) >= 11 is 0. The Morgan fingerprint density at radius 1 is 1.12 bits per heavy atom. The Labute approximate surface area is 193 Å². The van der Waals surface area contributed by atoms with Gasteiger partial charge >= 0.3 is 0 Å². The molecule has 1 aliphatic heterocycles. The summed E-state index contributed by atoms with van der Waals surface area (Å²) in [4.78, 5) is 12.4. The molecule has 4 nitrogen and oxygen atoms in total. The molecule has 1 saturated heterocycles. The third kappa shape index (κ3) is 3.72. The highest BCUT2D eigenvalue weighted by molar-refractivity contribution is 5.18. The number of rotatable bonds is 4. The van der Waals surface area contributed by atoms with Gasteiger partial charge in [-0.3, -0.25) is 4.79 Å². The fourth-order valence-electron chi connectivity index (χ4n) is 7.95. The van der Waals surface area contributed by atoms with Crippen molar-refractivity contribution in [3.05, 3.63) is 46.4 Å². The second kappa shape index (κ2) is 8.43. The Morgan fingerprint density at radius 3 is 2.69 bits per heavy atom. The van der Waals surface area contributed by atoms with E-state index in [2.05, 4.69) is 27.4 Å². The standard InChI is InChI=1S/C28H41NO3/c1-19-9-12-25(30)29(17-19)16-14-22-20(2)10-11-23-27(22,3)15-13-24-28(23,4)18-31-26(32-24)21-7-5-6-8-21/h9,12,17,21-24,26H,2,5-8,10-11,13-16,18H2,1,3-4H3/t22-,23?,24-,26-,27+,28+/m1/s1. The largest absolute Gasteiger partial charge is 0.352 e. The van der Waals surface area contributed by atoms with E-state index >= 15 is 0 Å². The van der Waals surface area contributed by atoms with Crippen LogP contribution in [0.1, 0.15) is 77.2 Å². The number of ether oxygens (including phenoxy) is 2. The van der Waals surface area contributed by atoms with E-state index in [4.69, 9.17) is 9.47 Å². The molecule has 6 atom stereocenters. The zero-order valence-corrected chi connectivity index (χ0v) is 20.3. The minimum absolute atomic E-state index is 0.0162. The van der Waals surface area contributed by atoms with Crippen LogP contribution < -0.4 is 5.56 Å². The highest BCUT2D eigenvalue weighted by atomic mass is 16.7. The van der Waals surface area contributed by atoms with Crippen LogP contribution in [0.2, 0.25) is 0 Å². The molecule has 0 spiro atoms. The number of aromatic nitrogens is 1. The summed E-state index contributed by atoms with van der Waals surface area (Å²) in [6.45, 7) is 13.1. The summed E-state index contributed by atoms with van der Waals surface area (Å²) in [5.74, 6) is 1.61. The van der Waals surface area contributed by atoms with Gasteiger partial charge in [-0.05, 0) is 74.7 Å². The van der Waals surface area contributed by atoms with Gasteiger partial charge in [0.15, 0.2) is 6.29 Å². The van der Waals surface area contributed by atoms with E-state index in [1.807, 2.05) is 16.8 Å². The van der Waals surface area contributed by atoms with Crippen molar-refractivity contribution in [3.8, 4) is 0 Å². The lowest BCUT2D eigenvalue weighted by molar-refractivity contribution is -0.316. The van der Waals surface area contributed by atoms with Crippen LogP contribution in [0.5, 0.6) is 0 Å². The fourth-order valence-corrected chi connectivity index (χ4v) is 7.95. The summed E-state index contributed by atoms with van der Waals surface area (Å²) < 4.78 is 15.1. The number of hydrogen-bond acceptors (Lipinski definition) is 3. The lowest BCUT2D eigenvalue weighted by Gasteiger charge is -2.63. The molecule has 1 aromatic heterocycles. The monoisotopic (exact) mass is 439 g/mol. The van der Waals surface area contributed by atoms with Crippen molar-refractivity contribution in [1.82, 2.24) is 4.57 Å². The lowest BCUT2D eigenvalue weighted by atomic mass is 9.46. The molecule has 1 unspecified atom stereocenters. The molecule has 0 N–H and O–H groups in total. The molecule has 3 saturated carbocycles. The van der Waals surface area contributed by atoms with Gasteiger partial charge in [0.25, 0.3) is 5.56 Å². The van der Waals surface area contributed by atoms with Crippen LogP contribution in [0.4, 0.5) is 0 Å². The van der Waals surface area contributed by atoms with Gasteiger partial charge in [0.2, 0.25) is 0 Å². The Bertz CT molecular complexity index is 915. The van der Waals surface area contributed by atoms with Crippen LogP contribution in [0.25, 0.3) is 0 Å². The van der Waals surface area contributed by atoms with Gasteiger partial charge in [-0.25, -0.2) is 0 Å². The molecule has 4 aliphatic rings. The van der Waals surface area contributed by atoms with Crippen molar-refractivity contribution in [2.45, 2.75) is 97.5 Å². The molecule has 0 radical (unpaired) electrons. The van der Waals surface area contributed by atoms with Crippen molar-refractivity contribution < 1.29 is 9.47 Å². The first-order valence-electron chi connectivity index (χ1n) is 12.9. The molecule has 176 valence electrons. The van der Waals surface area contributed by atoms with E-state index in [-0.39, 0.29) is 22.7 Å². The minimum atomic E-state index is 0.0162. The average molecular weight is 440 g/mol. The van der Waals surface area contributed by atoms with E-state index in [9.17, 15) is 4.79 Å². The number of hydrogen-bond donors (Lipinski definition) is 0. The number of pyridine rings is 1. The molecule has 3 aliphatic carbocycles. The molecule has 1 aromatic rings. The van der Waals surface area contributed by atoms with E-state index in [0.29, 0.717) is 23.9 Å². The van der Waals surface area contributed by atoms with E-state index in [1.165, 1.54) is 44.1 Å². The van der Waals surface area contributed by atoms with Crippen LogP contribution in [-0.4, -0.2) is 23.6 Å². The molecule has 2 heterocycles. The van der Waals surface area contributed by atoms with Crippen molar-refractivity contribution in [1.29, 1.82) is 0 Å². The minimum Gasteiger partial charge on any atom is -0.352 e. The van der Waals surface area contributed by atoms with Gasteiger partial charge in [-0.1, -0.05) is 44.9 Å². The van der Waals surface area contributed by atoms with Crippen LogP contribution in [0.3, 0.4) is 0 Å². The van der Waals surface area contributed by atoms with Crippen molar-refractivity contribution in [2.24, 2.45) is 28.6 Å². The summed E-state index contributed by atoms with van der Waals surface area (Å²) in [5, 5.41) is 0. The maximum Gasteiger partial charge on any atom is 0.250 e. The third-order valence-electron chi connectivity index (χ3n) is 9.75. The van der Waals surface area contributed by atoms with Gasteiger partial charge in [0.05, 0.1) is 12.7 Å². The highest BCUT2D eigenvalue weighted by Crippen LogP contribution is 2.63. The Hall–Kier alpha value is -1.39. The summed E-state index contributed by atoms with van der Waals surface area (Å²) in [6, 6.07) is 3.60. The maximum atomic E-state index is 12.4. The van der Waals surface area contributed by atoms with Gasteiger partial charge in [0.1, 0.15) is 0 Å². The van der Waals surface area contributed by atoms with Crippen molar-refractivity contribution in [2.75, 3.05) is 6.61 Å². The van der Waals surface area contributed by atoms with Gasteiger partial charge in [0, 0.05) is 30.1 Å². The van der Waals surface area contributed by atoms with Gasteiger partial charge < -0.3 is 14.0 Å². The zero-order chi connectivity index (χ0) is 22.5. The predicted molar refractivity (Wildman–Crippen MR) is 127 cm³/mol. The first-order valence-corrected chi connectivity index (χ1v) is 12.9. The SMILES string of the molecule is C=C1CCC2[C@]3(C)CO[C@@H](C4CCCC4)O[C@@H]3CC[C@@]2(C)[C@@H]1CCn1cc(C)ccc1=O. The topological polar surface area (TPSA) is 40.5 Å². The first-order chi connectivity index (χ1) is 15.3. The second-order valence-electron chi connectivity index (χ2n) is 11.7. The molecular weight excluding hydrogens is 398 g/mol. The fraction of sp³-hybridized carbons (Fsp3) is 0.750. The normalized spacial score (nSPS) is 40.2. The van der Waals surface area contributed by atoms with Crippen molar-refractivity contribution in [3.63, 3.8) is 0 Å². The van der Waals surface area contributed by atoms with Crippen LogP contribution >= 0.6 is 0 Å². The summed E-state index contributed by atoms with van der Waals surface area (Å²) in [7, 11) is 0. The highest BCUT2D eigenvalue weighted by Gasteiger charge is 2.60.